The van der Waals surface area contributed by atoms with Crippen LogP contribution in [0.4, 0.5) is 13.2 Å². The van der Waals surface area contributed by atoms with Crippen LogP contribution in [0.5, 0.6) is 0 Å². The molecular formula is C11H20F3NO2. The first-order valence-electron chi connectivity index (χ1n) is 5.59. The lowest BCUT2D eigenvalue weighted by Crippen LogP contribution is -2.31. The van der Waals surface area contributed by atoms with Crippen LogP contribution in [-0.2, 0) is 9.53 Å². The zero-order valence-electron chi connectivity index (χ0n) is 10.5. The molecule has 0 aliphatic rings. The number of alkyl halides is 3. The normalized spacial score (nSPS) is 12.6. The van der Waals surface area contributed by atoms with E-state index in [2.05, 4.69) is 5.32 Å². The average Bonchev–Trinajstić information content (AvgIpc) is 2.06. The minimum atomic E-state index is -4.09. The Morgan fingerprint density at radius 1 is 1.18 bits per heavy atom. The van der Waals surface area contributed by atoms with Crippen molar-refractivity contribution >= 4 is 5.97 Å². The maximum atomic E-state index is 11.8. The second kappa shape index (κ2) is 6.83. The highest BCUT2D eigenvalue weighted by atomic mass is 19.4. The summed E-state index contributed by atoms with van der Waals surface area (Å²) in [6.45, 7) is 5.69. The molecule has 0 atom stereocenters. The molecule has 0 saturated carbocycles. The largest absolute Gasteiger partial charge is 0.459 e. The SMILES string of the molecule is CC(C)(C)OC(=O)CNCCCCC(F)(F)F. The summed E-state index contributed by atoms with van der Waals surface area (Å²) in [5.41, 5.74) is -0.533. The van der Waals surface area contributed by atoms with Crippen LogP contribution in [-0.4, -0.2) is 30.8 Å². The second-order valence-corrected chi connectivity index (χ2v) is 4.84. The third-order valence-corrected chi connectivity index (χ3v) is 1.75. The van der Waals surface area contributed by atoms with Crippen LogP contribution in [0, 0.1) is 0 Å². The summed E-state index contributed by atoms with van der Waals surface area (Å²) in [6.07, 6.45) is -4.40. The highest BCUT2D eigenvalue weighted by molar-refractivity contribution is 5.72. The molecule has 0 aromatic carbocycles. The number of halogens is 3. The van der Waals surface area contributed by atoms with Crippen molar-refractivity contribution in [3.63, 3.8) is 0 Å². The first-order chi connectivity index (χ1) is 7.60. The van der Waals surface area contributed by atoms with Gasteiger partial charge in [-0.1, -0.05) is 0 Å². The van der Waals surface area contributed by atoms with Crippen molar-refractivity contribution in [2.24, 2.45) is 0 Å². The van der Waals surface area contributed by atoms with Crippen molar-refractivity contribution in [1.82, 2.24) is 5.32 Å². The molecule has 0 aromatic rings. The molecule has 0 rings (SSSR count). The van der Waals surface area contributed by atoms with E-state index >= 15 is 0 Å². The first kappa shape index (κ1) is 16.2. The Morgan fingerprint density at radius 3 is 2.24 bits per heavy atom. The Balaban J connectivity index is 3.44. The van der Waals surface area contributed by atoms with Gasteiger partial charge in [-0.15, -0.1) is 0 Å². The summed E-state index contributed by atoms with van der Waals surface area (Å²) in [4.78, 5) is 11.2. The van der Waals surface area contributed by atoms with Crippen molar-refractivity contribution < 1.29 is 22.7 Å². The predicted molar refractivity (Wildman–Crippen MR) is 58.6 cm³/mol. The molecule has 0 amide bonds. The molecule has 0 saturated heterocycles. The van der Waals surface area contributed by atoms with Crippen LogP contribution in [0.3, 0.4) is 0 Å². The molecule has 0 fully saturated rings. The van der Waals surface area contributed by atoms with Gasteiger partial charge in [-0.05, 0) is 40.2 Å². The lowest BCUT2D eigenvalue weighted by atomic mass is 10.2. The molecule has 102 valence electrons. The van der Waals surface area contributed by atoms with Gasteiger partial charge in [0, 0.05) is 6.42 Å². The summed E-state index contributed by atoms with van der Waals surface area (Å²) in [5, 5.41) is 2.75. The molecule has 0 radical (unpaired) electrons. The van der Waals surface area contributed by atoms with E-state index in [-0.39, 0.29) is 13.0 Å². The predicted octanol–water partition coefficient (Wildman–Crippen LogP) is 2.65. The zero-order chi connectivity index (χ0) is 13.5. The maximum Gasteiger partial charge on any atom is 0.389 e. The zero-order valence-corrected chi connectivity index (χ0v) is 10.5. The Kier molecular flexibility index (Phi) is 6.52. The summed E-state index contributed by atoms with van der Waals surface area (Å²) in [7, 11) is 0. The Bertz CT molecular complexity index is 234. The van der Waals surface area contributed by atoms with E-state index in [0.717, 1.165) is 0 Å². The van der Waals surface area contributed by atoms with E-state index in [1.807, 2.05) is 0 Å². The molecule has 6 heteroatoms. The van der Waals surface area contributed by atoms with Gasteiger partial charge >= 0.3 is 12.1 Å². The number of nitrogens with one attached hydrogen (secondary N) is 1. The van der Waals surface area contributed by atoms with Gasteiger partial charge in [-0.3, -0.25) is 4.79 Å². The molecule has 0 bridgehead atoms. The van der Waals surface area contributed by atoms with Crippen LogP contribution in [0.25, 0.3) is 0 Å². The monoisotopic (exact) mass is 255 g/mol. The summed E-state index contributed by atoms with van der Waals surface area (Å²) >= 11 is 0. The molecule has 1 N–H and O–H groups in total. The van der Waals surface area contributed by atoms with Crippen LogP contribution >= 0.6 is 0 Å². The Labute approximate surface area is 99.7 Å². The van der Waals surface area contributed by atoms with E-state index < -0.39 is 24.2 Å². The van der Waals surface area contributed by atoms with Gasteiger partial charge in [0.15, 0.2) is 0 Å². The van der Waals surface area contributed by atoms with Crippen molar-refractivity contribution in [1.29, 1.82) is 0 Å². The van der Waals surface area contributed by atoms with Crippen molar-refractivity contribution in [3.8, 4) is 0 Å². The molecule has 0 heterocycles. The topological polar surface area (TPSA) is 38.3 Å². The van der Waals surface area contributed by atoms with Gasteiger partial charge in [-0.25, -0.2) is 0 Å². The highest BCUT2D eigenvalue weighted by Crippen LogP contribution is 2.21. The maximum absolute atomic E-state index is 11.8. The van der Waals surface area contributed by atoms with Gasteiger partial charge in [0.25, 0.3) is 0 Å². The Morgan fingerprint density at radius 2 is 1.76 bits per heavy atom. The average molecular weight is 255 g/mol. The Hall–Kier alpha value is -0.780. The number of ether oxygens (including phenoxy) is 1. The lowest BCUT2D eigenvalue weighted by molar-refractivity contribution is -0.153. The number of hydrogen-bond acceptors (Lipinski definition) is 3. The van der Waals surface area contributed by atoms with E-state index in [9.17, 15) is 18.0 Å². The first-order valence-corrected chi connectivity index (χ1v) is 5.59. The minimum absolute atomic E-state index is 0.0310. The van der Waals surface area contributed by atoms with Gasteiger partial charge in [0.2, 0.25) is 0 Å². The van der Waals surface area contributed by atoms with E-state index in [1.54, 1.807) is 20.8 Å². The van der Waals surface area contributed by atoms with Crippen LogP contribution < -0.4 is 5.32 Å². The molecule has 3 nitrogen and oxygen atoms in total. The number of unbranched alkanes of at least 4 members (excludes halogenated alkanes) is 1. The molecule has 0 unspecified atom stereocenters. The summed E-state index contributed by atoms with van der Waals surface area (Å²) in [5.74, 6) is -0.395. The smallest absolute Gasteiger partial charge is 0.389 e. The van der Waals surface area contributed by atoms with Gasteiger partial charge in [0.05, 0.1) is 6.54 Å². The quantitative estimate of drug-likeness (QED) is 0.585. The fourth-order valence-corrected chi connectivity index (χ4v) is 1.14. The number of rotatable bonds is 6. The third kappa shape index (κ3) is 13.2. The third-order valence-electron chi connectivity index (χ3n) is 1.75. The fourth-order valence-electron chi connectivity index (χ4n) is 1.14. The van der Waals surface area contributed by atoms with E-state index in [0.29, 0.717) is 13.0 Å². The molecule has 0 spiro atoms. The highest BCUT2D eigenvalue weighted by Gasteiger charge is 2.25. The fraction of sp³-hybridized carbons (Fsp3) is 0.909. The van der Waals surface area contributed by atoms with E-state index in [4.69, 9.17) is 4.74 Å². The molecular weight excluding hydrogens is 235 g/mol. The molecule has 0 aromatic heterocycles. The van der Waals surface area contributed by atoms with Crippen molar-refractivity contribution in [3.05, 3.63) is 0 Å². The minimum Gasteiger partial charge on any atom is -0.459 e. The van der Waals surface area contributed by atoms with Crippen LogP contribution in [0.1, 0.15) is 40.0 Å². The standard InChI is InChI=1S/C11H20F3NO2/c1-10(2,3)17-9(16)8-15-7-5-4-6-11(12,13)14/h15H,4-8H2,1-3H3. The van der Waals surface area contributed by atoms with Gasteiger partial charge < -0.3 is 10.1 Å². The molecule has 0 aliphatic carbocycles. The molecule has 17 heavy (non-hydrogen) atoms. The van der Waals surface area contributed by atoms with Crippen molar-refractivity contribution in [2.75, 3.05) is 13.1 Å². The summed E-state index contributed by atoms with van der Waals surface area (Å²) < 4.78 is 40.4. The number of hydrogen-bond donors (Lipinski definition) is 1. The summed E-state index contributed by atoms with van der Waals surface area (Å²) in [6, 6.07) is 0. The van der Waals surface area contributed by atoms with Crippen LogP contribution in [0.15, 0.2) is 0 Å². The molecule has 0 aliphatic heterocycles. The van der Waals surface area contributed by atoms with Gasteiger partial charge in [0.1, 0.15) is 5.60 Å². The van der Waals surface area contributed by atoms with E-state index in [1.165, 1.54) is 0 Å². The van der Waals surface area contributed by atoms with Crippen molar-refractivity contribution in [2.45, 2.75) is 51.8 Å². The number of carbonyl (C=O) groups excluding carboxylic acids is 1. The lowest BCUT2D eigenvalue weighted by Gasteiger charge is -2.19. The van der Waals surface area contributed by atoms with Crippen LogP contribution in [0.2, 0.25) is 0 Å². The second-order valence-electron chi connectivity index (χ2n) is 4.84. The van der Waals surface area contributed by atoms with Gasteiger partial charge in [-0.2, -0.15) is 13.2 Å². The number of carbonyl (C=O) groups is 1. The number of esters is 1.